The number of amides is 1. The van der Waals surface area contributed by atoms with Gasteiger partial charge in [-0.2, -0.15) is 0 Å². The number of piperidine rings is 1. The molecule has 3 N–H and O–H groups in total. The van der Waals surface area contributed by atoms with Gasteiger partial charge in [0.2, 0.25) is 11.9 Å². The van der Waals surface area contributed by atoms with Crippen molar-refractivity contribution in [3.8, 4) is 0 Å². The van der Waals surface area contributed by atoms with Crippen molar-refractivity contribution in [2.45, 2.75) is 70.9 Å². The molecule has 1 aromatic heterocycles. The summed E-state index contributed by atoms with van der Waals surface area (Å²) in [6.45, 7) is 5.88. The maximum Gasteiger partial charge on any atom is 0.255 e. The summed E-state index contributed by atoms with van der Waals surface area (Å²) in [5.74, 6) is 0.704. The Morgan fingerprint density at radius 3 is 2.46 bits per heavy atom. The van der Waals surface area contributed by atoms with Gasteiger partial charge in [-0.15, -0.1) is 0 Å². The molecule has 26 heavy (non-hydrogen) atoms. The minimum Gasteiger partial charge on any atom is -0.353 e. The predicted octanol–water partition coefficient (Wildman–Crippen LogP) is 1.71. The molecule has 1 saturated carbocycles. The molecule has 2 heterocycles. The predicted molar refractivity (Wildman–Crippen MR) is 102 cm³/mol. The molecule has 1 aliphatic carbocycles. The molecule has 0 unspecified atom stereocenters. The lowest BCUT2D eigenvalue weighted by atomic mass is 9.95. The molecule has 1 aromatic rings. The van der Waals surface area contributed by atoms with Gasteiger partial charge in [0.05, 0.1) is 6.54 Å². The standard InChI is InChI=1S/C19H31N5O2/c1-13-14(2)20-19(23-18(13)26)22-16-8-10-24(11-9-16)12-17(25)21-15-6-4-3-5-7-15/h15-16H,3-12H2,1-2H3,(H,21,25)(H2,20,22,23,26). The molecule has 0 radical (unpaired) electrons. The maximum atomic E-state index is 12.2. The fourth-order valence-corrected chi connectivity index (χ4v) is 3.87. The Labute approximate surface area is 155 Å². The molecule has 2 fully saturated rings. The first-order valence-electron chi connectivity index (χ1n) is 9.87. The highest BCUT2D eigenvalue weighted by Gasteiger charge is 2.23. The van der Waals surface area contributed by atoms with Gasteiger partial charge in [-0.3, -0.25) is 19.5 Å². The van der Waals surface area contributed by atoms with Gasteiger partial charge in [0, 0.05) is 36.4 Å². The summed E-state index contributed by atoms with van der Waals surface area (Å²) < 4.78 is 0. The van der Waals surface area contributed by atoms with E-state index in [4.69, 9.17) is 0 Å². The van der Waals surface area contributed by atoms with Crippen LogP contribution in [0.1, 0.15) is 56.2 Å². The van der Waals surface area contributed by atoms with Gasteiger partial charge in [0.15, 0.2) is 0 Å². The quantitative estimate of drug-likeness (QED) is 0.743. The number of carbonyl (C=O) groups is 1. The first-order valence-corrected chi connectivity index (χ1v) is 9.87. The lowest BCUT2D eigenvalue weighted by Gasteiger charge is -2.32. The van der Waals surface area contributed by atoms with E-state index >= 15 is 0 Å². The van der Waals surface area contributed by atoms with E-state index < -0.39 is 0 Å². The SMILES string of the molecule is Cc1nc(NC2CCN(CC(=O)NC3CCCCC3)CC2)[nH]c(=O)c1C. The topological polar surface area (TPSA) is 90.1 Å². The molecule has 2 aliphatic rings. The van der Waals surface area contributed by atoms with Crippen molar-refractivity contribution in [2.24, 2.45) is 0 Å². The van der Waals surface area contributed by atoms with Crippen molar-refractivity contribution < 1.29 is 4.79 Å². The van der Waals surface area contributed by atoms with E-state index in [-0.39, 0.29) is 17.5 Å². The minimum absolute atomic E-state index is 0.0863. The van der Waals surface area contributed by atoms with Crippen LogP contribution >= 0.6 is 0 Å². The van der Waals surface area contributed by atoms with E-state index in [1.165, 1.54) is 19.3 Å². The summed E-state index contributed by atoms with van der Waals surface area (Å²) >= 11 is 0. The van der Waals surface area contributed by atoms with E-state index in [0.717, 1.165) is 44.5 Å². The molecule has 7 nitrogen and oxygen atoms in total. The van der Waals surface area contributed by atoms with Crippen LogP contribution in [0.4, 0.5) is 5.95 Å². The van der Waals surface area contributed by atoms with E-state index in [1.807, 2.05) is 6.92 Å². The number of rotatable bonds is 5. The van der Waals surface area contributed by atoms with E-state index in [9.17, 15) is 9.59 Å². The van der Waals surface area contributed by atoms with E-state index in [1.54, 1.807) is 6.92 Å². The number of nitrogens with zero attached hydrogens (tertiary/aromatic N) is 2. The Morgan fingerprint density at radius 1 is 1.12 bits per heavy atom. The number of aromatic nitrogens is 2. The number of aromatic amines is 1. The number of hydrogen-bond donors (Lipinski definition) is 3. The molecule has 0 aromatic carbocycles. The summed E-state index contributed by atoms with van der Waals surface area (Å²) in [7, 11) is 0. The van der Waals surface area contributed by atoms with Crippen LogP contribution in [0.2, 0.25) is 0 Å². The van der Waals surface area contributed by atoms with Crippen LogP contribution in [0.15, 0.2) is 4.79 Å². The number of likely N-dealkylation sites (tertiary alicyclic amines) is 1. The van der Waals surface area contributed by atoms with Gasteiger partial charge in [-0.05, 0) is 39.5 Å². The highest BCUT2D eigenvalue weighted by molar-refractivity contribution is 5.78. The van der Waals surface area contributed by atoms with Crippen molar-refractivity contribution in [1.82, 2.24) is 20.2 Å². The third-order valence-electron chi connectivity index (χ3n) is 5.66. The number of nitrogens with one attached hydrogen (secondary N) is 3. The zero-order valence-corrected chi connectivity index (χ0v) is 15.9. The molecule has 7 heteroatoms. The third-order valence-corrected chi connectivity index (χ3v) is 5.66. The zero-order chi connectivity index (χ0) is 18.5. The highest BCUT2D eigenvalue weighted by Crippen LogP contribution is 2.18. The normalized spacial score (nSPS) is 20.1. The molecule has 1 saturated heterocycles. The summed E-state index contributed by atoms with van der Waals surface area (Å²) in [5, 5.41) is 6.52. The number of H-pyrrole nitrogens is 1. The van der Waals surface area contributed by atoms with Gasteiger partial charge >= 0.3 is 0 Å². The second-order valence-corrected chi connectivity index (χ2v) is 7.72. The van der Waals surface area contributed by atoms with Crippen LogP contribution < -0.4 is 16.2 Å². The second-order valence-electron chi connectivity index (χ2n) is 7.72. The lowest BCUT2D eigenvalue weighted by molar-refractivity contribution is -0.123. The van der Waals surface area contributed by atoms with Gasteiger partial charge in [-0.1, -0.05) is 19.3 Å². The van der Waals surface area contributed by atoms with E-state index in [0.29, 0.717) is 24.1 Å². The van der Waals surface area contributed by atoms with Crippen LogP contribution in [0.5, 0.6) is 0 Å². The van der Waals surface area contributed by atoms with Crippen LogP contribution in [0, 0.1) is 13.8 Å². The van der Waals surface area contributed by atoms with Crippen LogP contribution in [0.25, 0.3) is 0 Å². The smallest absolute Gasteiger partial charge is 0.255 e. The summed E-state index contributed by atoms with van der Waals surface area (Å²) in [6.07, 6.45) is 7.89. The highest BCUT2D eigenvalue weighted by atomic mass is 16.2. The van der Waals surface area contributed by atoms with Crippen LogP contribution in [-0.2, 0) is 4.79 Å². The molecular formula is C19H31N5O2. The molecule has 1 aliphatic heterocycles. The first-order chi connectivity index (χ1) is 12.5. The summed E-state index contributed by atoms with van der Waals surface area (Å²) in [5.41, 5.74) is 1.33. The third kappa shape index (κ3) is 5.06. The minimum atomic E-state index is -0.0863. The molecule has 0 atom stereocenters. The Hall–Kier alpha value is -1.89. The zero-order valence-electron chi connectivity index (χ0n) is 15.9. The first kappa shape index (κ1) is 18.9. The monoisotopic (exact) mass is 361 g/mol. The average molecular weight is 361 g/mol. The number of aryl methyl sites for hydroxylation is 1. The fourth-order valence-electron chi connectivity index (χ4n) is 3.87. The van der Waals surface area contributed by atoms with Crippen molar-refractivity contribution in [3.63, 3.8) is 0 Å². The van der Waals surface area contributed by atoms with Gasteiger partial charge in [0.25, 0.3) is 5.56 Å². The number of anilines is 1. The maximum absolute atomic E-state index is 12.2. The van der Waals surface area contributed by atoms with Crippen molar-refractivity contribution in [2.75, 3.05) is 25.0 Å². The van der Waals surface area contributed by atoms with Crippen LogP contribution in [0.3, 0.4) is 0 Å². The summed E-state index contributed by atoms with van der Waals surface area (Å²) in [4.78, 5) is 33.5. The molecule has 3 rings (SSSR count). The average Bonchev–Trinajstić information content (AvgIpc) is 2.62. The molecule has 1 amide bonds. The molecular weight excluding hydrogens is 330 g/mol. The van der Waals surface area contributed by atoms with Gasteiger partial charge < -0.3 is 10.6 Å². The van der Waals surface area contributed by atoms with Crippen molar-refractivity contribution >= 4 is 11.9 Å². The largest absolute Gasteiger partial charge is 0.353 e. The second kappa shape index (κ2) is 8.66. The molecule has 0 spiro atoms. The Balaban J connectivity index is 1.42. The Kier molecular flexibility index (Phi) is 6.29. The molecule has 0 bridgehead atoms. The Bertz CT molecular complexity index is 673. The van der Waals surface area contributed by atoms with E-state index in [2.05, 4.69) is 25.5 Å². The fraction of sp³-hybridized carbons (Fsp3) is 0.737. The summed E-state index contributed by atoms with van der Waals surface area (Å²) in [6, 6.07) is 0.654. The lowest BCUT2D eigenvalue weighted by Crippen LogP contribution is -2.46. The van der Waals surface area contributed by atoms with Gasteiger partial charge in [0.1, 0.15) is 0 Å². The van der Waals surface area contributed by atoms with Gasteiger partial charge in [-0.25, -0.2) is 4.98 Å². The number of carbonyl (C=O) groups excluding carboxylic acids is 1. The number of hydrogen-bond acceptors (Lipinski definition) is 5. The Morgan fingerprint density at radius 2 is 1.81 bits per heavy atom. The van der Waals surface area contributed by atoms with Crippen LogP contribution in [-0.4, -0.2) is 52.5 Å². The molecule has 144 valence electrons. The van der Waals surface area contributed by atoms with Crippen molar-refractivity contribution in [1.29, 1.82) is 0 Å². The van der Waals surface area contributed by atoms with Crippen molar-refractivity contribution in [3.05, 3.63) is 21.6 Å².